The lowest BCUT2D eigenvalue weighted by molar-refractivity contribution is 0.354. The smallest absolute Gasteiger partial charge is 0.161 e. The minimum absolute atomic E-state index is 0.565. The van der Waals surface area contributed by atoms with Crippen LogP contribution in [0.5, 0.6) is 11.5 Å². The van der Waals surface area contributed by atoms with E-state index in [4.69, 9.17) is 15.2 Å². The van der Waals surface area contributed by atoms with Gasteiger partial charge in [-0.15, -0.1) is 0 Å². The van der Waals surface area contributed by atoms with Crippen LogP contribution in [0.3, 0.4) is 0 Å². The van der Waals surface area contributed by atoms with Crippen molar-refractivity contribution < 1.29 is 9.47 Å². The Morgan fingerprint density at radius 1 is 0.952 bits per heavy atom. The summed E-state index contributed by atoms with van der Waals surface area (Å²) >= 11 is 0. The number of hydrogen-bond acceptors (Lipinski definition) is 3. The summed E-state index contributed by atoms with van der Waals surface area (Å²) in [5.74, 6) is 7.74. The summed E-state index contributed by atoms with van der Waals surface area (Å²) in [5, 5.41) is 0. The van der Waals surface area contributed by atoms with Gasteiger partial charge in [-0.1, -0.05) is 30.0 Å². The molecule has 0 heterocycles. The third-order valence-electron chi connectivity index (χ3n) is 3.14. The van der Waals surface area contributed by atoms with Gasteiger partial charge in [0.15, 0.2) is 11.5 Å². The normalized spacial score (nSPS) is 9.67. The second-order valence-corrected chi connectivity index (χ2v) is 4.52. The van der Waals surface area contributed by atoms with Crippen LogP contribution in [0.15, 0.2) is 42.5 Å². The molecule has 0 aliphatic heterocycles. The van der Waals surface area contributed by atoms with Crippen LogP contribution in [0.2, 0.25) is 0 Å². The van der Waals surface area contributed by atoms with Crippen LogP contribution in [0.4, 0.5) is 0 Å². The Morgan fingerprint density at radius 2 is 1.62 bits per heavy atom. The fraction of sp³-hybridized carbons (Fsp3) is 0.222. The third kappa shape index (κ3) is 3.77. The average Bonchev–Trinajstić information content (AvgIpc) is 2.54. The van der Waals surface area contributed by atoms with Crippen molar-refractivity contribution in [1.82, 2.24) is 0 Å². The number of rotatable bonds is 4. The molecule has 108 valence electrons. The van der Waals surface area contributed by atoms with Gasteiger partial charge in [0.2, 0.25) is 0 Å². The largest absolute Gasteiger partial charge is 0.493 e. The number of nitrogens with two attached hydrogens (primary N) is 1. The van der Waals surface area contributed by atoms with Gasteiger partial charge in [-0.3, -0.25) is 0 Å². The monoisotopic (exact) mass is 281 g/mol. The van der Waals surface area contributed by atoms with Crippen molar-refractivity contribution in [2.24, 2.45) is 5.73 Å². The standard InChI is InChI=1S/C18H19NO2/c1-20-17-12-15(9-8-14-6-4-3-5-7-14)16(10-11-19)13-18(17)21-2/h3-7,12-13H,10-11,19H2,1-2H3. The lowest BCUT2D eigenvalue weighted by atomic mass is 10.0. The first-order chi connectivity index (χ1) is 10.3. The van der Waals surface area contributed by atoms with E-state index in [-0.39, 0.29) is 0 Å². The molecular formula is C18H19NO2. The Labute approximate surface area is 125 Å². The van der Waals surface area contributed by atoms with Gasteiger partial charge in [0.1, 0.15) is 0 Å². The molecule has 2 aromatic carbocycles. The Hall–Kier alpha value is -2.44. The van der Waals surface area contributed by atoms with E-state index in [1.54, 1.807) is 14.2 Å². The van der Waals surface area contributed by atoms with Crippen molar-refractivity contribution in [2.75, 3.05) is 20.8 Å². The van der Waals surface area contributed by atoms with Crippen LogP contribution in [0.25, 0.3) is 0 Å². The molecule has 2 N–H and O–H groups in total. The Kier molecular flexibility index (Phi) is 5.25. The highest BCUT2D eigenvalue weighted by Crippen LogP contribution is 2.30. The van der Waals surface area contributed by atoms with Gasteiger partial charge in [-0.25, -0.2) is 0 Å². The van der Waals surface area contributed by atoms with E-state index in [0.717, 1.165) is 23.1 Å². The molecule has 0 radical (unpaired) electrons. The SMILES string of the molecule is COc1cc(C#Cc2ccccc2)c(CCN)cc1OC. The van der Waals surface area contributed by atoms with Crippen molar-refractivity contribution in [3.05, 3.63) is 59.2 Å². The van der Waals surface area contributed by atoms with Gasteiger partial charge in [0.05, 0.1) is 14.2 Å². The molecular weight excluding hydrogens is 262 g/mol. The Morgan fingerprint density at radius 3 is 2.24 bits per heavy atom. The van der Waals surface area contributed by atoms with Gasteiger partial charge in [-0.2, -0.15) is 0 Å². The highest BCUT2D eigenvalue weighted by atomic mass is 16.5. The molecule has 0 aromatic heterocycles. The quantitative estimate of drug-likeness (QED) is 0.876. The van der Waals surface area contributed by atoms with Gasteiger partial charge in [0.25, 0.3) is 0 Å². The van der Waals surface area contributed by atoms with Crippen LogP contribution in [-0.4, -0.2) is 20.8 Å². The summed E-state index contributed by atoms with van der Waals surface area (Å²) in [6.45, 7) is 0.565. The molecule has 2 rings (SSSR count). The summed E-state index contributed by atoms with van der Waals surface area (Å²) in [6, 6.07) is 13.7. The predicted molar refractivity (Wildman–Crippen MR) is 84.7 cm³/mol. The minimum atomic E-state index is 0.565. The second kappa shape index (κ2) is 7.37. The van der Waals surface area contributed by atoms with Gasteiger partial charge in [-0.05, 0) is 42.8 Å². The first kappa shape index (κ1) is 15.0. The zero-order chi connectivity index (χ0) is 15.1. The average molecular weight is 281 g/mol. The number of methoxy groups -OCH3 is 2. The number of hydrogen-bond donors (Lipinski definition) is 1. The maximum absolute atomic E-state index is 5.68. The molecule has 3 nitrogen and oxygen atoms in total. The molecule has 2 aromatic rings. The molecule has 0 atom stereocenters. The summed E-state index contributed by atoms with van der Waals surface area (Å²) in [6.07, 6.45) is 0.749. The zero-order valence-corrected chi connectivity index (χ0v) is 12.3. The molecule has 0 fully saturated rings. The summed E-state index contributed by atoms with van der Waals surface area (Å²) in [4.78, 5) is 0. The zero-order valence-electron chi connectivity index (χ0n) is 12.3. The van der Waals surface area contributed by atoms with Crippen molar-refractivity contribution in [3.8, 4) is 23.3 Å². The first-order valence-electron chi connectivity index (χ1n) is 6.80. The summed E-state index contributed by atoms with van der Waals surface area (Å²) < 4.78 is 10.7. The van der Waals surface area contributed by atoms with Crippen LogP contribution < -0.4 is 15.2 Å². The topological polar surface area (TPSA) is 44.5 Å². The molecule has 0 bridgehead atoms. The summed E-state index contributed by atoms with van der Waals surface area (Å²) in [5.41, 5.74) is 8.64. The van der Waals surface area contributed by atoms with Crippen LogP contribution in [0.1, 0.15) is 16.7 Å². The molecule has 0 amide bonds. The van der Waals surface area contributed by atoms with E-state index >= 15 is 0 Å². The fourth-order valence-electron chi connectivity index (χ4n) is 2.06. The van der Waals surface area contributed by atoms with Crippen molar-refractivity contribution >= 4 is 0 Å². The lowest BCUT2D eigenvalue weighted by Crippen LogP contribution is -2.05. The van der Waals surface area contributed by atoms with E-state index in [2.05, 4.69) is 11.8 Å². The van der Waals surface area contributed by atoms with Gasteiger partial charge < -0.3 is 15.2 Å². The number of benzene rings is 2. The Balaban J connectivity index is 2.44. The highest BCUT2D eigenvalue weighted by Gasteiger charge is 2.09. The van der Waals surface area contributed by atoms with E-state index in [0.29, 0.717) is 18.0 Å². The molecule has 0 unspecified atom stereocenters. The molecule has 0 aliphatic carbocycles. The molecule has 0 saturated heterocycles. The minimum Gasteiger partial charge on any atom is -0.493 e. The number of ether oxygens (including phenoxy) is 2. The maximum atomic E-state index is 5.68. The molecule has 0 saturated carbocycles. The van der Waals surface area contributed by atoms with Gasteiger partial charge >= 0.3 is 0 Å². The fourth-order valence-corrected chi connectivity index (χ4v) is 2.06. The van der Waals surface area contributed by atoms with E-state index in [1.807, 2.05) is 42.5 Å². The van der Waals surface area contributed by atoms with Crippen LogP contribution in [0, 0.1) is 11.8 Å². The van der Waals surface area contributed by atoms with E-state index < -0.39 is 0 Å². The summed E-state index contributed by atoms with van der Waals surface area (Å²) in [7, 11) is 3.24. The Bertz CT molecular complexity index is 654. The first-order valence-corrected chi connectivity index (χ1v) is 6.80. The third-order valence-corrected chi connectivity index (χ3v) is 3.14. The predicted octanol–water partition coefficient (Wildman–Crippen LogP) is 2.60. The van der Waals surface area contributed by atoms with Crippen molar-refractivity contribution in [3.63, 3.8) is 0 Å². The van der Waals surface area contributed by atoms with E-state index in [9.17, 15) is 0 Å². The maximum Gasteiger partial charge on any atom is 0.161 e. The molecule has 3 heteroatoms. The highest BCUT2D eigenvalue weighted by molar-refractivity contribution is 5.55. The molecule has 21 heavy (non-hydrogen) atoms. The van der Waals surface area contributed by atoms with Crippen molar-refractivity contribution in [1.29, 1.82) is 0 Å². The van der Waals surface area contributed by atoms with Gasteiger partial charge in [0, 0.05) is 11.1 Å². The molecule has 0 aliphatic rings. The van der Waals surface area contributed by atoms with Crippen LogP contribution >= 0.6 is 0 Å². The van der Waals surface area contributed by atoms with Crippen LogP contribution in [-0.2, 0) is 6.42 Å². The molecule has 0 spiro atoms. The second-order valence-electron chi connectivity index (χ2n) is 4.52. The lowest BCUT2D eigenvalue weighted by Gasteiger charge is -2.11. The van der Waals surface area contributed by atoms with Crippen molar-refractivity contribution in [2.45, 2.75) is 6.42 Å². The van der Waals surface area contributed by atoms with E-state index in [1.165, 1.54) is 0 Å².